The Morgan fingerprint density at radius 1 is 1.11 bits per heavy atom. The molecule has 9 heteroatoms. The normalized spacial score (nSPS) is 17.3. The van der Waals surface area contributed by atoms with Gasteiger partial charge in [0, 0.05) is 13.0 Å². The van der Waals surface area contributed by atoms with Crippen LogP contribution in [-0.4, -0.2) is 54.0 Å². The van der Waals surface area contributed by atoms with Gasteiger partial charge in [-0.15, -0.1) is 12.4 Å². The van der Waals surface area contributed by atoms with Crippen molar-refractivity contribution in [2.75, 3.05) is 13.7 Å². The number of amides is 2. The molecular formula is C27H36ClN3O5. The molecule has 36 heavy (non-hydrogen) atoms. The molecule has 2 amide bonds. The fourth-order valence-corrected chi connectivity index (χ4v) is 3.98. The molecule has 0 unspecified atom stereocenters. The predicted octanol–water partition coefficient (Wildman–Crippen LogP) is 3.01. The smallest absolute Gasteiger partial charge is 0.329 e. The Morgan fingerprint density at radius 2 is 1.78 bits per heavy atom. The van der Waals surface area contributed by atoms with Gasteiger partial charge >= 0.3 is 5.97 Å². The third-order valence-corrected chi connectivity index (χ3v) is 6.49. The number of likely N-dealkylation sites (tertiary alicyclic amines) is 1. The summed E-state index contributed by atoms with van der Waals surface area (Å²) in [5.74, 6) is -0.470. The van der Waals surface area contributed by atoms with Crippen LogP contribution < -0.4 is 15.8 Å². The molecule has 0 saturated carbocycles. The Labute approximate surface area is 218 Å². The second-order valence-electron chi connectivity index (χ2n) is 9.13. The van der Waals surface area contributed by atoms with E-state index in [1.165, 1.54) is 4.90 Å². The van der Waals surface area contributed by atoms with E-state index in [0.717, 1.165) is 11.1 Å². The summed E-state index contributed by atoms with van der Waals surface area (Å²) in [5.41, 5.74) is 6.75. The lowest BCUT2D eigenvalue weighted by Gasteiger charge is -2.30. The fraction of sp³-hybridized carbons (Fsp3) is 0.444. The lowest BCUT2D eigenvalue weighted by molar-refractivity contribution is -0.155. The minimum absolute atomic E-state index is 0. The van der Waals surface area contributed by atoms with Crippen LogP contribution in [0.15, 0.2) is 54.6 Å². The van der Waals surface area contributed by atoms with Crippen molar-refractivity contribution in [2.24, 2.45) is 5.73 Å². The molecular weight excluding hydrogens is 482 g/mol. The lowest BCUT2D eigenvalue weighted by atomic mass is 9.97. The van der Waals surface area contributed by atoms with Crippen molar-refractivity contribution in [3.8, 4) is 5.75 Å². The van der Waals surface area contributed by atoms with E-state index in [1.807, 2.05) is 49.4 Å². The van der Waals surface area contributed by atoms with Crippen molar-refractivity contribution in [2.45, 2.75) is 63.8 Å². The molecule has 1 aliphatic heterocycles. The van der Waals surface area contributed by atoms with Crippen molar-refractivity contribution in [3.05, 3.63) is 65.7 Å². The number of hydrogen-bond donors (Lipinski definition) is 2. The Morgan fingerprint density at radius 3 is 2.39 bits per heavy atom. The second kappa shape index (κ2) is 13.3. The van der Waals surface area contributed by atoms with Crippen LogP contribution >= 0.6 is 12.4 Å². The number of carbonyl (C=O) groups is 3. The Kier molecular flexibility index (Phi) is 10.7. The molecule has 196 valence electrons. The molecule has 0 aromatic heterocycles. The fourth-order valence-electron chi connectivity index (χ4n) is 3.98. The summed E-state index contributed by atoms with van der Waals surface area (Å²) in [4.78, 5) is 40.9. The van der Waals surface area contributed by atoms with Crippen LogP contribution in [0, 0.1) is 0 Å². The monoisotopic (exact) mass is 517 g/mol. The molecule has 3 rings (SSSR count). The summed E-state index contributed by atoms with van der Waals surface area (Å²) < 4.78 is 10.7. The zero-order chi connectivity index (χ0) is 25.4. The molecule has 8 nitrogen and oxygen atoms in total. The van der Waals surface area contributed by atoms with Gasteiger partial charge in [-0.1, -0.05) is 49.4 Å². The van der Waals surface area contributed by atoms with Crippen LogP contribution in [0.1, 0.15) is 44.2 Å². The van der Waals surface area contributed by atoms with Gasteiger partial charge in [0.1, 0.15) is 24.4 Å². The van der Waals surface area contributed by atoms with Gasteiger partial charge in [-0.2, -0.15) is 0 Å². The van der Waals surface area contributed by atoms with Gasteiger partial charge in [0.15, 0.2) is 0 Å². The minimum Gasteiger partial charge on any atom is -0.497 e. The van der Waals surface area contributed by atoms with E-state index in [1.54, 1.807) is 26.2 Å². The number of nitrogens with two attached hydrogens (primary N) is 1. The summed E-state index contributed by atoms with van der Waals surface area (Å²) in [6, 6.07) is 15.2. The zero-order valence-electron chi connectivity index (χ0n) is 21.1. The van der Waals surface area contributed by atoms with Crippen molar-refractivity contribution >= 4 is 30.2 Å². The van der Waals surface area contributed by atoms with E-state index in [9.17, 15) is 14.4 Å². The number of hydrogen-bond acceptors (Lipinski definition) is 6. The number of nitrogens with one attached hydrogen (secondary N) is 1. The van der Waals surface area contributed by atoms with Crippen molar-refractivity contribution < 1.29 is 23.9 Å². The maximum Gasteiger partial charge on any atom is 0.329 e. The molecule has 0 spiro atoms. The highest BCUT2D eigenvalue weighted by Crippen LogP contribution is 2.22. The van der Waals surface area contributed by atoms with Crippen molar-refractivity contribution in [1.82, 2.24) is 10.2 Å². The summed E-state index contributed by atoms with van der Waals surface area (Å²) >= 11 is 0. The number of methoxy groups -OCH3 is 1. The highest BCUT2D eigenvalue weighted by Gasteiger charge is 2.39. The largest absolute Gasteiger partial charge is 0.497 e. The molecule has 1 fully saturated rings. The third kappa shape index (κ3) is 7.45. The first-order chi connectivity index (χ1) is 16.7. The van der Waals surface area contributed by atoms with Gasteiger partial charge in [0.2, 0.25) is 11.8 Å². The Hall–Kier alpha value is -3.10. The van der Waals surface area contributed by atoms with Crippen molar-refractivity contribution in [1.29, 1.82) is 0 Å². The van der Waals surface area contributed by atoms with Crippen molar-refractivity contribution in [3.63, 3.8) is 0 Å². The number of halogens is 1. The van der Waals surface area contributed by atoms with Crippen LogP contribution in [0.4, 0.5) is 0 Å². The maximum absolute atomic E-state index is 13.7. The molecule has 1 saturated heterocycles. The highest BCUT2D eigenvalue weighted by molar-refractivity contribution is 5.93. The molecule has 0 radical (unpaired) electrons. The van der Waals surface area contributed by atoms with Gasteiger partial charge in [-0.3, -0.25) is 9.59 Å². The quantitative estimate of drug-likeness (QED) is 0.469. The Balaban J connectivity index is 0.00000456. The van der Waals surface area contributed by atoms with E-state index in [2.05, 4.69) is 5.32 Å². The first kappa shape index (κ1) is 29.1. The highest BCUT2D eigenvalue weighted by atomic mass is 35.5. The average Bonchev–Trinajstić information content (AvgIpc) is 3.37. The van der Waals surface area contributed by atoms with E-state index in [0.29, 0.717) is 31.6 Å². The second-order valence-corrected chi connectivity index (χ2v) is 9.13. The first-order valence-corrected chi connectivity index (χ1v) is 12.0. The first-order valence-electron chi connectivity index (χ1n) is 12.0. The molecule has 0 bridgehead atoms. The molecule has 0 aliphatic carbocycles. The molecule has 2 aromatic carbocycles. The predicted molar refractivity (Wildman–Crippen MR) is 140 cm³/mol. The van der Waals surface area contributed by atoms with Crippen LogP contribution in [0.3, 0.4) is 0 Å². The number of esters is 1. The topological polar surface area (TPSA) is 111 Å². The SMILES string of the molecule is CC[C@](C)(N)C(=O)N[C@@H](Cc1ccc(OC)cc1)C(=O)N1CCC[C@@H]1C(=O)OCc1ccccc1.Cl. The summed E-state index contributed by atoms with van der Waals surface area (Å²) in [6.07, 6.45) is 1.88. The minimum atomic E-state index is -1.11. The summed E-state index contributed by atoms with van der Waals surface area (Å²) in [7, 11) is 1.58. The van der Waals surface area contributed by atoms with Crippen LogP contribution in [0.5, 0.6) is 5.75 Å². The van der Waals surface area contributed by atoms with Gasteiger partial charge in [0.05, 0.1) is 12.6 Å². The number of rotatable bonds is 10. The Bertz CT molecular complexity index is 1010. The van der Waals surface area contributed by atoms with Crippen LogP contribution in [0.25, 0.3) is 0 Å². The summed E-state index contributed by atoms with van der Waals surface area (Å²) in [6.45, 7) is 4.02. The van der Waals surface area contributed by atoms with Gasteiger partial charge in [-0.25, -0.2) is 4.79 Å². The molecule has 2 aromatic rings. The number of carbonyl (C=O) groups excluding carboxylic acids is 3. The maximum atomic E-state index is 13.7. The van der Waals surface area contributed by atoms with Gasteiger partial charge < -0.3 is 25.4 Å². The molecule has 3 atom stereocenters. The number of ether oxygens (including phenoxy) is 2. The average molecular weight is 518 g/mol. The summed E-state index contributed by atoms with van der Waals surface area (Å²) in [5, 5.41) is 2.84. The standard InChI is InChI=1S/C27H35N3O5.ClH/c1-4-27(2,28)26(33)29-22(17-19-12-14-21(34-3)15-13-19)24(31)30-16-8-11-23(30)25(32)35-18-20-9-6-5-7-10-20;/h5-7,9-10,12-15,22-23H,4,8,11,16-18,28H2,1-3H3,(H,29,33);1H/t22-,23+,27-;/m0./s1. The third-order valence-electron chi connectivity index (χ3n) is 6.49. The van der Waals surface area contributed by atoms with E-state index >= 15 is 0 Å². The molecule has 1 heterocycles. The number of benzene rings is 2. The number of nitrogens with zero attached hydrogens (tertiary/aromatic N) is 1. The van der Waals surface area contributed by atoms with Crippen LogP contribution in [-0.2, 0) is 32.1 Å². The van der Waals surface area contributed by atoms with E-state index in [-0.39, 0.29) is 31.3 Å². The van der Waals surface area contributed by atoms with E-state index in [4.69, 9.17) is 15.2 Å². The van der Waals surface area contributed by atoms with Crippen LogP contribution in [0.2, 0.25) is 0 Å². The lowest BCUT2D eigenvalue weighted by Crippen LogP contribution is -2.59. The van der Waals surface area contributed by atoms with Gasteiger partial charge in [0.25, 0.3) is 0 Å². The molecule has 3 N–H and O–H groups in total. The van der Waals surface area contributed by atoms with E-state index < -0.39 is 29.5 Å². The van der Waals surface area contributed by atoms with Gasteiger partial charge in [-0.05, 0) is 49.4 Å². The zero-order valence-corrected chi connectivity index (χ0v) is 21.9. The molecule has 1 aliphatic rings.